The first kappa shape index (κ1) is 21.4. The molecule has 26 heavy (non-hydrogen) atoms. The standard InChI is InChI=1S/C22H30BrClO2/c1-2-3-4-5-8-15-25-19-11-12-20-18(17-19)10-13-21(22(20)24)26-16-9-6-7-14-23/h10-13,17H,2-9,14-16H2,1H3. The minimum absolute atomic E-state index is 0.689. The third-order valence-electron chi connectivity index (χ3n) is 4.44. The summed E-state index contributed by atoms with van der Waals surface area (Å²) in [5.41, 5.74) is 0. The fourth-order valence-corrected chi connectivity index (χ4v) is 3.59. The molecule has 0 spiro atoms. The Kier molecular flexibility index (Phi) is 10.2. The zero-order chi connectivity index (χ0) is 18.6. The van der Waals surface area contributed by atoms with Crippen LogP contribution >= 0.6 is 27.5 Å². The van der Waals surface area contributed by atoms with Crippen LogP contribution in [0.5, 0.6) is 11.5 Å². The molecule has 0 radical (unpaired) electrons. The van der Waals surface area contributed by atoms with Gasteiger partial charge in [0.2, 0.25) is 0 Å². The highest BCUT2D eigenvalue weighted by molar-refractivity contribution is 9.09. The predicted molar refractivity (Wildman–Crippen MR) is 116 cm³/mol. The molecule has 0 fully saturated rings. The van der Waals surface area contributed by atoms with Gasteiger partial charge in [-0.3, -0.25) is 0 Å². The molecule has 0 heterocycles. The van der Waals surface area contributed by atoms with E-state index in [0.717, 1.165) is 53.5 Å². The summed E-state index contributed by atoms with van der Waals surface area (Å²) < 4.78 is 11.7. The van der Waals surface area contributed by atoms with Crippen molar-refractivity contribution in [2.45, 2.75) is 58.3 Å². The number of halogens is 2. The molecule has 0 aromatic heterocycles. The fourth-order valence-electron chi connectivity index (χ4n) is 2.90. The molecule has 0 saturated carbocycles. The molecule has 0 atom stereocenters. The lowest BCUT2D eigenvalue weighted by Gasteiger charge is -2.12. The van der Waals surface area contributed by atoms with Crippen LogP contribution in [-0.2, 0) is 0 Å². The molecule has 2 rings (SSSR count). The summed E-state index contributed by atoms with van der Waals surface area (Å²) in [6.45, 7) is 3.72. The Hall–Kier alpha value is -0.930. The fraction of sp³-hybridized carbons (Fsp3) is 0.545. The van der Waals surface area contributed by atoms with E-state index in [9.17, 15) is 0 Å². The van der Waals surface area contributed by atoms with E-state index >= 15 is 0 Å². The van der Waals surface area contributed by atoms with Crippen molar-refractivity contribution in [2.75, 3.05) is 18.5 Å². The molecular formula is C22H30BrClO2. The third-order valence-corrected chi connectivity index (χ3v) is 5.39. The Morgan fingerprint density at radius 3 is 2.35 bits per heavy atom. The average Bonchev–Trinajstić information content (AvgIpc) is 2.66. The Bertz CT molecular complexity index is 660. The molecule has 0 aliphatic rings. The summed E-state index contributed by atoms with van der Waals surface area (Å²) in [6, 6.07) is 10.1. The van der Waals surface area contributed by atoms with Crippen molar-refractivity contribution in [3.05, 3.63) is 35.4 Å². The van der Waals surface area contributed by atoms with E-state index in [2.05, 4.69) is 35.0 Å². The van der Waals surface area contributed by atoms with Crippen molar-refractivity contribution >= 4 is 38.3 Å². The molecule has 0 aliphatic heterocycles. The number of fused-ring (bicyclic) bond motifs is 1. The minimum atomic E-state index is 0.689. The van der Waals surface area contributed by atoms with Gasteiger partial charge in [0.25, 0.3) is 0 Å². The van der Waals surface area contributed by atoms with Crippen LogP contribution in [0.4, 0.5) is 0 Å². The highest BCUT2D eigenvalue weighted by Gasteiger charge is 2.08. The van der Waals surface area contributed by atoms with E-state index < -0.39 is 0 Å². The van der Waals surface area contributed by atoms with Gasteiger partial charge in [-0.15, -0.1) is 0 Å². The number of hydrogen-bond acceptors (Lipinski definition) is 2. The minimum Gasteiger partial charge on any atom is -0.494 e. The van der Waals surface area contributed by atoms with Crippen LogP contribution in [-0.4, -0.2) is 18.5 Å². The summed E-state index contributed by atoms with van der Waals surface area (Å²) in [4.78, 5) is 0. The normalized spacial score (nSPS) is 11.0. The van der Waals surface area contributed by atoms with Crippen molar-refractivity contribution in [1.82, 2.24) is 0 Å². The van der Waals surface area contributed by atoms with E-state index in [0.29, 0.717) is 11.6 Å². The molecule has 0 bridgehead atoms. The lowest BCUT2D eigenvalue weighted by molar-refractivity contribution is 0.304. The summed E-state index contributed by atoms with van der Waals surface area (Å²) in [5, 5.41) is 3.84. The lowest BCUT2D eigenvalue weighted by Crippen LogP contribution is -1.99. The van der Waals surface area contributed by atoms with Crippen molar-refractivity contribution in [3.63, 3.8) is 0 Å². The van der Waals surface area contributed by atoms with Crippen LogP contribution in [0.25, 0.3) is 10.8 Å². The Balaban J connectivity index is 1.88. The Morgan fingerprint density at radius 2 is 1.58 bits per heavy atom. The average molecular weight is 442 g/mol. The van der Waals surface area contributed by atoms with Crippen LogP contribution in [0.1, 0.15) is 58.3 Å². The maximum atomic E-state index is 6.54. The van der Waals surface area contributed by atoms with Crippen LogP contribution in [0.3, 0.4) is 0 Å². The topological polar surface area (TPSA) is 18.5 Å². The van der Waals surface area contributed by atoms with E-state index in [1.165, 1.54) is 32.1 Å². The largest absolute Gasteiger partial charge is 0.494 e. The Morgan fingerprint density at radius 1 is 0.846 bits per heavy atom. The van der Waals surface area contributed by atoms with Crippen LogP contribution in [0, 0.1) is 0 Å². The molecule has 0 N–H and O–H groups in total. The summed E-state index contributed by atoms with van der Waals surface area (Å²) in [5.74, 6) is 1.68. The van der Waals surface area contributed by atoms with Crippen molar-refractivity contribution in [3.8, 4) is 11.5 Å². The van der Waals surface area contributed by atoms with Crippen LogP contribution in [0.15, 0.2) is 30.3 Å². The number of ether oxygens (including phenoxy) is 2. The first-order chi connectivity index (χ1) is 12.8. The molecule has 2 aromatic rings. The molecule has 4 heteroatoms. The van der Waals surface area contributed by atoms with Gasteiger partial charge in [-0.25, -0.2) is 0 Å². The summed E-state index contributed by atoms with van der Waals surface area (Å²) >= 11 is 9.98. The van der Waals surface area contributed by atoms with Gasteiger partial charge in [-0.1, -0.05) is 66.2 Å². The van der Waals surface area contributed by atoms with Gasteiger partial charge < -0.3 is 9.47 Å². The second kappa shape index (κ2) is 12.5. The lowest BCUT2D eigenvalue weighted by atomic mass is 10.1. The maximum Gasteiger partial charge on any atom is 0.138 e. The first-order valence-corrected chi connectivity index (χ1v) is 11.3. The number of benzene rings is 2. The van der Waals surface area contributed by atoms with Crippen molar-refractivity contribution in [1.29, 1.82) is 0 Å². The smallest absolute Gasteiger partial charge is 0.138 e. The molecule has 0 amide bonds. The molecule has 144 valence electrons. The van der Waals surface area contributed by atoms with Crippen LogP contribution < -0.4 is 9.47 Å². The highest BCUT2D eigenvalue weighted by atomic mass is 79.9. The van der Waals surface area contributed by atoms with Crippen molar-refractivity contribution in [2.24, 2.45) is 0 Å². The number of alkyl halides is 1. The maximum absolute atomic E-state index is 6.54. The zero-order valence-electron chi connectivity index (χ0n) is 15.7. The van der Waals surface area contributed by atoms with Gasteiger partial charge in [-0.2, -0.15) is 0 Å². The predicted octanol–water partition coefficient (Wildman–Crippen LogP) is 7.79. The highest BCUT2D eigenvalue weighted by Crippen LogP contribution is 2.34. The van der Waals surface area contributed by atoms with E-state index in [4.69, 9.17) is 21.1 Å². The van der Waals surface area contributed by atoms with E-state index in [-0.39, 0.29) is 0 Å². The van der Waals surface area contributed by atoms with Crippen LogP contribution in [0.2, 0.25) is 5.02 Å². The SMILES string of the molecule is CCCCCCCOc1ccc2c(Cl)c(OCCCCCBr)ccc2c1. The van der Waals surface area contributed by atoms with Gasteiger partial charge >= 0.3 is 0 Å². The number of unbranched alkanes of at least 4 members (excludes halogenated alkanes) is 6. The second-order valence-electron chi connectivity index (χ2n) is 6.62. The number of rotatable bonds is 13. The quantitative estimate of drug-likeness (QED) is 0.233. The summed E-state index contributed by atoms with van der Waals surface area (Å²) in [6.07, 6.45) is 9.62. The third kappa shape index (κ3) is 7.00. The van der Waals surface area contributed by atoms with E-state index in [1.807, 2.05) is 18.2 Å². The van der Waals surface area contributed by atoms with Gasteiger partial charge in [0.1, 0.15) is 11.5 Å². The second-order valence-corrected chi connectivity index (χ2v) is 7.79. The van der Waals surface area contributed by atoms with E-state index in [1.54, 1.807) is 0 Å². The summed E-state index contributed by atoms with van der Waals surface area (Å²) in [7, 11) is 0. The zero-order valence-corrected chi connectivity index (χ0v) is 18.1. The molecular weight excluding hydrogens is 412 g/mol. The van der Waals surface area contributed by atoms with Crippen molar-refractivity contribution < 1.29 is 9.47 Å². The Labute approximate surface area is 171 Å². The van der Waals surface area contributed by atoms with Gasteiger partial charge in [0.05, 0.1) is 18.2 Å². The molecule has 2 aromatic carbocycles. The molecule has 0 unspecified atom stereocenters. The monoisotopic (exact) mass is 440 g/mol. The van der Waals surface area contributed by atoms with Gasteiger partial charge in [0, 0.05) is 10.7 Å². The first-order valence-electron chi connectivity index (χ1n) is 9.80. The molecule has 0 saturated heterocycles. The van der Waals surface area contributed by atoms with Gasteiger partial charge in [0.15, 0.2) is 0 Å². The molecule has 2 nitrogen and oxygen atoms in total. The molecule has 0 aliphatic carbocycles. The van der Waals surface area contributed by atoms with Gasteiger partial charge in [-0.05, 0) is 55.3 Å². The number of hydrogen-bond donors (Lipinski definition) is 0.